The first-order valence-corrected chi connectivity index (χ1v) is 8.38. The number of hydrogen-bond donors (Lipinski definition) is 2. The van der Waals surface area contributed by atoms with E-state index in [1.54, 1.807) is 32.9 Å². The van der Waals surface area contributed by atoms with Gasteiger partial charge in [-0.25, -0.2) is 4.79 Å². The van der Waals surface area contributed by atoms with Crippen LogP contribution in [0.1, 0.15) is 38.1 Å². The van der Waals surface area contributed by atoms with Gasteiger partial charge in [-0.1, -0.05) is 27.7 Å². The summed E-state index contributed by atoms with van der Waals surface area (Å²) in [6, 6.07) is 5.23. The minimum absolute atomic E-state index is 0.128. The Labute approximate surface area is 143 Å². The van der Waals surface area contributed by atoms with Gasteiger partial charge in [0.15, 0.2) is 0 Å². The lowest BCUT2D eigenvalue weighted by Crippen LogP contribution is -2.46. The molecule has 1 saturated heterocycles. The van der Waals surface area contributed by atoms with Crippen LogP contribution < -0.4 is 10.2 Å². The van der Waals surface area contributed by atoms with Crippen LogP contribution in [0.15, 0.2) is 18.2 Å². The molecule has 6 nitrogen and oxygen atoms in total. The van der Waals surface area contributed by atoms with Crippen molar-refractivity contribution >= 4 is 23.3 Å². The van der Waals surface area contributed by atoms with Gasteiger partial charge in [0, 0.05) is 37.3 Å². The van der Waals surface area contributed by atoms with Crippen molar-refractivity contribution in [1.29, 1.82) is 0 Å². The number of nitrogens with zero attached hydrogens (tertiary/aromatic N) is 2. The maximum Gasteiger partial charge on any atom is 0.337 e. The first-order valence-electron chi connectivity index (χ1n) is 8.38. The molecule has 1 heterocycles. The highest BCUT2D eigenvalue weighted by Crippen LogP contribution is 2.26. The highest BCUT2D eigenvalue weighted by molar-refractivity contribution is 6.02. The minimum atomic E-state index is -1.03. The van der Waals surface area contributed by atoms with Crippen LogP contribution in [0.5, 0.6) is 0 Å². The Morgan fingerprint density at radius 2 is 1.79 bits per heavy atom. The summed E-state index contributed by atoms with van der Waals surface area (Å²) in [4.78, 5) is 28.3. The fourth-order valence-corrected chi connectivity index (χ4v) is 2.65. The van der Waals surface area contributed by atoms with Gasteiger partial charge in [0.05, 0.1) is 11.3 Å². The molecule has 132 valence electrons. The fourth-order valence-electron chi connectivity index (χ4n) is 2.65. The molecular formula is C18H27N3O3. The van der Waals surface area contributed by atoms with Gasteiger partial charge in [0.25, 0.3) is 0 Å². The molecule has 0 saturated carbocycles. The van der Waals surface area contributed by atoms with Gasteiger partial charge in [-0.05, 0) is 24.7 Å². The molecule has 2 rings (SSSR count). The molecule has 1 fully saturated rings. The van der Waals surface area contributed by atoms with Crippen LogP contribution in [0.4, 0.5) is 11.4 Å². The largest absolute Gasteiger partial charge is 0.478 e. The second kappa shape index (κ2) is 7.21. The van der Waals surface area contributed by atoms with Crippen molar-refractivity contribution < 1.29 is 14.7 Å². The van der Waals surface area contributed by atoms with E-state index in [1.807, 2.05) is 6.07 Å². The van der Waals surface area contributed by atoms with Crippen LogP contribution in [-0.4, -0.2) is 54.6 Å². The lowest BCUT2D eigenvalue weighted by Gasteiger charge is -2.35. The van der Waals surface area contributed by atoms with E-state index in [4.69, 9.17) is 0 Å². The lowest BCUT2D eigenvalue weighted by molar-refractivity contribution is -0.123. The number of carboxylic acids is 1. The topological polar surface area (TPSA) is 72.9 Å². The highest BCUT2D eigenvalue weighted by Gasteiger charge is 2.24. The maximum absolute atomic E-state index is 12.1. The number of nitrogens with one attached hydrogen (secondary N) is 1. The molecule has 0 atom stereocenters. The zero-order valence-electron chi connectivity index (χ0n) is 14.9. The van der Waals surface area contributed by atoms with E-state index < -0.39 is 11.4 Å². The van der Waals surface area contributed by atoms with Crippen LogP contribution in [0.2, 0.25) is 0 Å². The Morgan fingerprint density at radius 3 is 2.29 bits per heavy atom. The predicted octanol–water partition coefficient (Wildman–Crippen LogP) is 2.51. The van der Waals surface area contributed by atoms with E-state index in [1.165, 1.54) is 0 Å². The Balaban J connectivity index is 2.21. The number of hydrogen-bond acceptors (Lipinski definition) is 4. The van der Waals surface area contributed by atoms with Crippen LogP contribution in [0, 0.1) is 5.41 Å². The Morgan fingerprint density at radius 1 is 1.17 bits per heavy atom. The maximum atomic E-state index is 12.1. The van der Waals surface area contributed by atoms with E-state index in [0.717, 1.165) is 38.4 Å². The standard InChI is InChI=1S/C18H27N3O3/c1-5-20-8-10-21(11-9-20)13-6-7-15(14(12-13)16(22)23)19-17(24)18(2,3)4/h6-7,12H,5,8-11H2,1-4H3,(H,19,24)(H,22,23). The monoisotopic (exact) mass is 333 g/mol. The van der Waals surface area contributed by atoms with Gasteiger partial charge in [0.2, 0.25) is 5.91 Å². The third kappa shape index (κ3) is 4.26. The summed E-state index contributed by atoms with van der Waals surface area (Å²) in [5, 5.41) is 12.2. The molecule has 0 bridgehead atoms. The van der Waals surface area contributed by atoms with Crippen molar-refractivity contribution in [2.24, 2.45) is 5.41 Å². The van der Waals surface area contributed by atoms with Gasteiger partial charge < -0.3 is 20.2 Å². The van der Waals surface area contributed by atoms with Crippen LogP contribution in [0.3, 0.4) is 0 Å². The van der Waals surface area contributed by atoms with Crippen molar-refractivity contribution in [2.75, 3.05) is 42.9 Å². The van der Waals surface area contributed by atoms with E-state index in [0.29, 0.717) is 5.69 Å². The van der Waals surface area contributed by atoms with Gasteiger partial charge in [-0.3, -0.25) is 4.79 Å². The van der Waals surface area contributed by atoms with Crippen LogP contribution >= 0.6 is 0 Å². The van der Waals surface area contributed by atoms with Crippen LogP contribution in [-0.2, 0) is 4.79 Å². The first kappa shape index (κ1) is 18.3. The number of carbonyl (C=O) groups excluding carboxylic acids is 1. The smallest absolute Gasteiger partial charge is 0.337 e. The molecule has 1 aliphatic heterocycles. The third-order valence-corrected chi connectivity index (χ3v) is 4.35. The summed E-state index contributed by atoms with van der Waals surface area (Å²) >= 11 is 0. The highest BCUT2D eigenvalue weighted by atomic mass is 16.4. The SMILES string of the molecule is CCN1CCN(c2ccc(NC(=O)C(C)(C)C)c(C(=O)O)c2)CC1. The average molecular weight is 333 g/mol. The number of rotatable bonds is 4. The first-order chi connectivity index (χ1) is 11.2. The predicted molar refractivity (Wildman–Crippen MR) is 95.8 cm³/mol. The zero-order chi connectivity index (χ0) is 17.9. The molecule has 2 N–H and O–H groups in total. The summed E-state index contributed by atoms with van der Waals surface area (Å²) in [6.07, 6.45) is 0. The van der Waals surface area contributed by atoms with Gasteiger partial charge in [0.1, 0.15) is 0 Å². The Bertz CT molecular complexity index is 614. The second-order valence-electron chi connectivity index (χ2n) is 7.16. The van der Waals surface area contributed by atoms with Crippen molar-refractivity contribution in [2.45, 2.75) is 27.7 Å². The third-order valence-electron chi connectivity index (χ3n) is 4.35. The normalized spacial score (nSPS) is 16.1. The van der Waals surface area contributed by atoms with Crippen molar-refractivity contribution in [3.05, 3.63) is 23.8 Å². The molecule has 0 spiro atoms. The number of carbonyl (C=O) groups is 2. The molecule has 1 aliphatic rings. The van der Waals surface area contributed by atoms with Gasteiger partial charge in [-0.15, -0.1) is 0 Å². The number of anilines is 2. The molecule has 24 heavy (non-hydrogen) atoms. The van der Waals surface area contributed by atoms with Gasteiger partial charge >= 0.3 is 5.97 Å². The summed E-state index contributed by atoms with van der Waals surface area (Å²) in [6.45, 7) is 12.3. The zero-order valence-corrected chi connectivity index (χ0v) is 14.9. The minimum Gasteiger partial charge on any atom is -0.478 e. The number of aromatic carboxylic acids is 1. The van der Waals surface area contributed by atoms with E-state index in [-0.39, 0.29) is 11.5 Å². The molecule has 0 aliphatic carbocycles. The molecule has 0 aromatic heterocycles. The summed E-state index contributed by atoms with van der Waals surface area (Å²) in [5.74, 6) is -1.23. The van der Waals surface area contributed by atoms with E-state index in [9.17, 15) is 14.7 Å². The quantitative estimate of drug-likeness (QED) is 0.886. The van der Waals surface area contributed by atoms with E-state index >= 15 is 0 Å². The second-order valence-corrected chi connectivity index (χ2v) is 7.16. The molecule has 1 aromatic rings. The number of likely N-dealkylation sites (N-methyl/N-ethyl adjacent to an activating group) is 1. The summed E-state index contributed by atoms with van der Waals surface area (Å²) in [5.41, 5.74) is 0.781. The average Bonchev–Trinajstić information content (AvgIpc) is 2.54. The van der Waals surface area contributed by atoms with Crippen molar-refractivity contribution in [3.8, 4) is 0 Å². The number of carboxylic acid groups (broad SMARTS) is 1. The summed E-state index contributed by atoms with van der Waals surface area (Å²) in [7, 11) is 0. The number of amides is 1. The molecule has 0 radical (unpaired) electrons. The van der Waals surface area contributed by atoms with E-state index in [2.05, 4.69) is 22.0 Å². The van der Waals surface area contributed by atoms with Crippen molar-refractivity contribution in [1.82, 2.24) is 4.90 Å². The Kier molecular flexibility index (Phi) is 5.49. The number of piperazine rings is 1. The molecule has 6 heteroatoms. The molecule has 1 amide bonds. The lowest BCUT2D eigenvalue weighted by atomic mass is 9.95. The molecule has 0 unspecified atom stereocenters. The molecule has 1 aromatic carbocycles. The summed E-state index contributed by atoms with van der Waals surface area (Å²) < 4.78 is 0. The molecular weight excluding hydrogens is 306 g/mol. The van der Waals surface area contributed by atoms with Crippen molar-refractivity contribution in [3.63, 3.8) is 0 Å². The number of benzene rings is 1. The van der Waals surface area contributed by atoms with Gasteiger partial charge in [-0.2, -0.15) is 0 Å². The fraction of sp³-hybridized carbons (Fsp3) is 0.556. The van der Waals surface area contributed by atoms with Crippen LogP contribution in [0.25, 0.3) is 0 Å². The Hall–Kier alpha value is -2.08.